The maximum atomic E-state index is 12.4. The van der Waals surface area contributed by atoms with Crippen molar-refractivity contribution in [2.45, 2.75) is 71.1 Å². The molecule has 2 heterocycles. The first kappa shape index (κ1) is 17.2. The summed E-state index contributed by atoms with van der Waals surface area (Å²) < 4.78 is 0. The van der Waals surface area contributed by atoms with Crippen molar-refractivity contribution in [3.05, 3.63) is 16.1 Å². The van der Waals surface area contributed by atoms with Crippen molar-refractivity contribution in [1.82, 2.24) is 20.5 Å². The van der Waals surface area contributed by atoms with Crippen LogP contribution in [0.4, 0.5) is 4.79 Å². The second-order valence-corrected chi connectivity index (χ2v) is 8.72. The van der Waals surface area contributed by atoms with Crippen LogP contribution in [0, 0.1) is 6.92 Å². The van der Waals surface area contributed by atoms with E-state index in [1.54, 1.807) is 16.2 Å². The minimum Gasteiger partial charge on any atom is -0.335 e. The highest BCUT2D eigenvalue weighted by atomic mass is 32.1. The number of nitrogens with one attached hydrogen (secondary N) is 2. The van der Waals surface area contributed by atoms with Crippen LogP contribution in [0.5, 0.6) is 0 Å². The van der Waals surface area contributed by atoms with Crippen molar-refractivity contribution in [3.63, 3.8) is 0 Å². The van der Waals surface area contributed by atoms with E-state index in [1.165, 1.54) is 0 Å². The summed E-state index contributed by atoms with van der Waals surface area (Å²) in [5, 5.41) is 9.86. The lowest BCUT2D eigenvalue weighted by atomic mass is 9.80. The number of urea groups is 1. The number of rotatable bonds is 3. The number of aromatic nitrogens is 1. The Morgan fingerprint density at radius 1 is 1.41 bits per heavy atom. The van der Waals surface area contributed by atoms with Crippen molar-refractivity contribution < 1.29 is 4.79 Å². The van der Waals surface area contributed by atoms with Gasteiger partial charge in [0.2, 0.25) is 0 Å². The van der Waals surface area contributed by atoms with Gasteiger partial charge in [-0.15, -0.1) is 11.3 Å². The molecule has 0 aliphatic carbocycles. The molecule has 1 aliphatic heterocycles. The van der Waals surface area contributed by atoms with Crippen LogP contribution in [0.3, 0.4) is 0 Å². The van der Waals surface area contributed by atoms with Crippen LogP contribution < -0.4 is 10.6 Å². The molecule has 1 aromatic rings. The number of carbonyl (C=O) groups is 1. The van der Waals surface area contributed by atoms with E-state index in [4.69, 9.17) is 0 Å². The minimum atomic E-state index is -0.0239. The summed E-state index contributed by atoms with van der Waals surface area (Å²) >= 11 is 1.62. The third-order valence-corrected chi connectivity index (χ3v) is 4.75. The number of piperidine rings is 1. The molecule has 2 amide bonds. The third kappa shape index (κ3) is 4.68. The van der Waals surface area contributed by atoms with Gasteiger partial charge >= 0.3 is 6.03 Å². The standard InChI is InChI=1S/C16H28N4OS/c1-11-17-13(10-22-11)9-20(6)14(21)18-12-7-15(2,3)19-16(4,5)8-12/h10,12,19H,7-9H2,1-6H3,(H,18,21). The summed E-state index contributed by atoms with van der Waals surface area (Å²) in [6.45, 7) is 11.3. The molecule has 0 spiro atoms. The van der Waals surface area contributed by atoms with E-state index in [9.17, 15) is 4.79 Å². The van der Waals surface area contributed by atoms with Gasteiger partial charge < -0.3 is 15.5 Å². The third-order valence-electron chi connectivity index (χ3n) is 3.93. The molecule has 5 nitrogen and oxygen atoms in total. The average molecular weight is 324 g/mol. The Kier molecular flexibility index (Phi) is 4.82. The molecule has 0 saturated carbocycles. The number of amides is 2. The number of hydrogen-bond donors (Lipinski definition) is 2. The van der Waals surface area contributed by atoms with Gasteiger partial charge in [0.1, 0.15) is 0 Å². The maximum Gasteiger partial charge on any atom is 0.317 e. The number of thiazole rings is 1. The van der Waals surface area contributed by atoms with E-state index in [2.05, 4.69) is 43.3 Å². The molecule has 0 unspecified atom stereocenters. The average Bonchev–Trinajstić information content (AvgIpc) is 2.70. The highest BCUT2D eigenvalue weighted by molar-refractivity contribution is 7.09. The zero-order chi connectivity index (χ0) is 16.5. The molecule has 2 N–H and O–H groups in total. The summed E-state index contributed by atoms with van der Waals surface area (Å²) in [6, 6.07) is 0.169. The van der Waals surface area contributed by atoms with Crippen LogP contribution in [0.15, 0.2) is 5.38 Å². The van der Waals surface area contributed by atoms with Gasteiger partial charge in [-0.2, -0.15) is 0 Å². The Hall–Kier alpha value is -1.14. The fourth-order valence-electron chi connectivity index (χ4n) is 3.50. The second kappa shape index (κ2) is 6.16. The van der Waals surface area contributed by atoms with Gasteiger partial charge in [-0.25, -0.2) is 9.78 Å². The molecule has 1 fully saturated rings. The molecule has 0 bridgehead atoms. The van der Waals surface area contributed by atoms with Gasteiger partial charge in [-0.05, 0) is 47.5 Å². The first-order chi connectivity index (χ1) is 10.1. The Labute approximate surface area is 137 Å². The molecule has 1 aromatic heterocycles. The van der Waals surface area contributed by atoms with Crippen LogP contribution >= 0.6 is 11.3 Å². The highest BCUT2D eigenvalue weighted by Crippen LogP contribution is 2.28. The predicted octanol–water partition coefficient (Wildman–Crippen LogP) is 2.90. The largest absolute Gasteiger partial charge is 0.335 e. The van der Waals surface area contributed by atoms with Crippen molar-refractivity contribution in [1.29, 1.82) is 0 Å². The summed E-state index contributed by atoms with van der Waals surface area (Å²) in [5.74, 6) is 0. The SMILES string of the molecule is Cc1nc(CN(C)C(=O)NC2CC(C)(C)NC(C)(C)C2)cs1. The number of hydrogen-bond acceptors (Lipinski definition) is 4. The van der Waals surface area contributed by atoms with Gasteiger partial charge in [0, 0.05) is 29.5 Å². The number of carbonyl (C=O) groups excluding carboxylic acids is 1. The van der Waals surface area contributed by atoms with Gasteiger partial charge in [0.15, 0.2) is 0 Å². The van der Waals surface area contributed by atoms with Gasteiger partial charge in [-0.3, -0.25) is 0 Å². The lowest BCUT2D eigenvalue weighted by molar-refractivity contribution is 0.140. The van der Waals surface area contributed by atoms with Crippen LogP contribution in [-0.2, 0) is 6.54 Å². The zero-order valence-corrected chi connectivity index (χ0v) is 15.3. The molecule has 0 aromatic carbocycles. The van der Waals surface area contributed by atoms with Gasteiger partial charge in [0.05, 0.1) is 17.2 Å². The van der Waals surface area contributed by atoms with Crippen molar-refractivity contribution in [2.24, 2.45) is 0 Å². The van der Waals surface area contributed by atoms with E-state index in [-0.39, 0.29) is 23.2 Å². The van der Waals surface area contributed by atoms with Crippen LogP contribution in [0.1, 0.15) is 51.2 Å². The van der Waals surface area contributed by atoms with E-state index < -0.39 is 0 Å². The zero-order valence-electron chi connectivity index (χ0n) is 14.5. The Balaban J connectivity index is 1.93. The molecule has 0 atom stereocenters. The highest BCUT2D eigenvalue weighted by Gasteiger charge is 2.38. The fraction of sp³-hybridized carbons (Fsp3) is 0.750. The molecular formula is C16H28N4OS. The quantitative estimate of drug-likeness (QED) is 0.899. The monoisotopic (exact) mass is 324 g/mol. The molecule has 0 radical (unpaired) electrons. The van der Waals surface area contributed by atoms with Crippen LogP contribution in [-0.4, -0.2) is 40.1 Å². The Bertz CT molecular complexity index is 522. The van der Waals surface area contributed by atoms with Crippen molar-refractivity contribution >= 4 is 17.4 Å². The van der Waals surface area contributed by atoms with E-state index >= 15 is 0 Å². The lowest BCUT2D eigenvalue weighted by Crippen LogP contribution is -2.62. The number of aryl methyl sites for hydroxylation is 1. The summed E-state index contributed by atoms with van der Waals surface area (Å²) in [4.78, 5) is 18.5. The summed E-state index contributed by atoms with van der Waals surface area (Å²) in [7, 11) is 1.82. The van der Waals surface area contributed by atoms with Gasteiger partial charge in [-0.1, -0.05) is 0 Å². The lowest BCUT2D eigenvalue weighted by Gasteiger charge is -2.46. The molecule has 2 rings (SSSR count). The van der Waals surface area contributed by atoms with Crippen LogP contribution in [0.2, 0.25) is 0 Å². The topological polar surface area (TPSA) is 57.3 Å². The molecule has 124 valence electrons. The van der Waals surface area contributed by atoms with Gasteiger partial charge in [0.25, 0.3) is 0 Å². The normalized spacial score (nSPS) is 20.6. The smallest absolute Gasteiger partial charge is 0.317 e. The van der Waals surface area contributed by atoms with Crippen molar-refractivity contribution in [2.75, 3.05) is 7.05 Å². The Morgan fingerprint density at radius 2 is 2.00 bits per heavy atom. The first-order valence-electron chi connectivity index (χ1n) is 7.78. The summed E-state index contributed by atoms with van der Waals surface area (Å²) in [6.07, 6.45) is 1.87. The van der Waals surface area contributed by atoms with E-state index in [0.29, 0.717) is 6.54 Å². The first-order valence-corrected chi connectivity index (χ1v) is 8.66. The minimum absolute atomic E-state index is 0.0239. The maximum absolute atomic E-state index is 12.4. The Morgan fingerprint density at radius 3 is 2.50 bits per heavy atom. The molecule has 22 heavy (non-hydrogen) atoms. The fourth-order valence-corrected chi connectivity index (χ4v) is 4.11. The molecule has 1 aliphatic rings. The second-order valence-electron chi connectivity index (χ2n) is 7.66. The summed E-state index contributed by atoms with van der Waals surface area (Å²) in [5.41, 5.74) is 1.01. The molecule has 1 saturated heterocycles. The van der Waals surface area contributed by atoms with Crippen molar-refractivity contribution in [3.8, 4) is 0 Å². The molecular weight excluding hydrogens is 296 g/mol. The predicted molar refractivity (Wildman–Crippen MR) is 91.2 cm³/mol. The van der Waals surface area contributed by atoms with Crippen LogP contribution in [0.25, 0.3) is 0 Å². The van der Waals surface area contributed by atoms with E-state index in [0.717, 1.165) is 23.5 Å². The van der Waals surface area contributed by atoms with E-state index in [1.807, 2.05) is 19.4 Å². The number of nitrogens with zero attached hydrogens (tertiary/aromatic N) is 2. The molecule has 6 heteroatoms.